The number of hydrogen-bond acceptors (Lipinski definition) is 13. The summed E-state index contributed by atoms with van der Waals surface area (Å²) in [6.45, 7) is 6.31. The van der Waals surface area contributed by atoms with Gasteiger partial charge >= 0.3 is 17.3 Å². The fraction of sp³-hybridized carbons (Fsp3) is 0.654. The van der Waals surface area contributed by atoms with Crippen LogP contribution in [0.1, 0.15) is 52.5 Å². The number of nitrogens with zero attached hydrogens (tertiary/aromatic N) is 4. The van der Waals surface area contributed by atoms with E-state index in [2.05, 4.69) is 30.7 Å². The van der Waals surface area contributed by atoms with Crippen LogP contribution < -0.4 is 22.8 Å². The minimum Gasteiger partial charge on any atom is -0.459 e. The van der Waals surface area contributed by atoms with Crippen LogP contribution in [0.25, 0.3) is 0 Å². The van der Waals surface area contributed by atoms with E-state index in [1.165, 1.54) is 23.5 Å². The van der Waals surface area contributed by atoms with E-state index in [1.807, 2.05) is 0 Å². The molecular weight excluding hydrogens is 610 g/mol. The van der Waals surface area contributed by atoms with Gasteiger partial charge in [-0.3, -0.25) is 9.13 Å². The fourth-order valence-electron chi connectivity index (χ4n) is 5.13. The molecule has 1 saturated carbocycles. The number of aliphatic hydroxyl groups excluding tert-OH is 1. The van der Waals surface area contributed by atoms with Gasteiger partial charge in [-0.15, -0.1) is 23.5 Å². The molecule has 0 unspecified atom stereocenters. The Labute approximate surface area is 254 Å². The average Bonchev–Trinajstić information content (AvgIpc) is 3.63. The number of carbonyl (C=O) groups excluding carboxylic acids is 1. The summed E-state index contributed by atoms with van der Waals surface area (Å²) in [7, 11) is 0. The Bertz CT molecular complexity index is 1410. The predicted octanol–water partition coefficient (Wildman–Crippen LogP) is 2.10. The molecule has 13 nitrogen and oxygen atoms in total. The van der Waals surface area contributed by atoms with Gasteiger partial charge < -0.3 is 30.8 Å². The molecule has 3 aliphatic rings. The quantitative estimate of drug-likeness (QED) is 0.388. The number of aliphatic hydroxyl groups is 1. The van der Waals surface area contributed by atoms with Gasteiger partial charge in [0.05, 0.1) is 19.0 Å². The molecule has 4 heterocycles. The van der Waals surface area contributed by atoms with Crippen molar-refractivity contribution in [2.45, 2.75) is 69.5 Å². The highest BCUT2D eigenvalue weighted by atomic mass is 32.2. The zero-order chi connectivity index (χ0) is 31.4. The van der Waals surface area contributed by atoms with E-state index >= 15 is 0 Å². The molecule has 5 rings (SSSR count). The van der Waals surface area contributed by atoms with Gasteiger partial charge in [0.2, 0.25) is 5.44 Å². The first-order valence-electron chi connectivity index (χ1n) is 13.8. The van der Waals surface area contributed by atoms with Crippen LogP contribution in [-0.2, 0) is 19.0 Å². The molecule has 43 heavy (non-hydrogen) atoms. The first kappa shape index (κ1) is 33.2. The van der Waals surface area contributed by atoms with Gasteiger partial charge in [-0.2, -0.15) is 9.97 Å². The maximum absolute atomic E-state index is 13.6. The van der Waals surface area contributed by atoms with E-state index in [-0.39, 0.29) is 12.7 Å². The number of nitrogens with two attached hydrogens (primary N) is 2. The van der Waals surface area contributed by atoms with Crippen LogP contribution in [0.2, 0.25) is 0 Å². The predicted molar refractivity (Wildman–Crippen MR) is 157 cm³/mol. The molecule has 2 aliphatic heterocycles. The van der Waals surface area contributed by atoms with E-state index in [1.54, 1.807) is 0 Å². The Morgan fingerprint density at radius 1 is 1.05 bits per heavy atom. The summed E-state index contributed by atoms with van der Waals surface area (Å²) in [5, 5.41) is 8.86. The molecular formula is C26H36F2N6O7S2. The molecule has 2 saturated heterocycles. The van der Waals surface area contributed by atoms with Crippen LogP contribution in [0, 0.1) is 29.4 Å². The molecule has 0 radical (unpaired) electrons. The highest BCUT2D eigenvalue weighted by molar-refractivity contribution is 8.00. The molecule has 5 N–H and O–H groups in total. The standard InChI is InChI=1S/C18H26FN3O4S.C8H10FN3O3S/c1-9(2)11-5-4-10(3)6-13(11)25-16(23)17-26-14(8-27-17)22-7-12(19)15(20)21-18(22)24;9-4-1-12(8(14)11-7(4)10)5-3-16-6(2-13)15-5/h7,9-11,13-14,17H,4-6,8H2,1-3H3,(H2,20,21,24);1,5-6,13H,2-3H2,(H2,10,11,14)/t10-,11+,13-,14+,17-;5-,6+/m10/s1. The number of anilines is 2. The average molecular weight is 647 g/mol. The van der Waals surface area contributed by atoms with E-state index < -0.39 is 63.9 Å². The number of carbonyl (C=O) groups is 1. The Morgan fingerprint density at radius 3 is 2.14 bits per heavy atom. The molecule has 0 bridgehead atoms. The van der Waals surface area contributed by atoms with Crippen molar-refractivity contribution >= 4 is 41.1 Å². The summed E-state index contributed by atoms with van der Waals surface area (Å²) < 4.78 is 45.6. The number of nitrogen functional groups attached to an aromatic ring is 2. The number of ether oxygens (including phenoxy) is 3. The lowest BCUT2D eigenvalue weighted by Crippen LogP contribution is -2.38. The van der Waals surface area contributed by atoms with Gasteiger partial charge in [0.25, 0.3) is 0 Å². The summed E-state index contributed by atoms with van der Waals surface area (Å²) in [5.74, 6) is -0.821. The van der Waals surface area contributed by atoms with E-state index in [9.17, 15) is 23.2 Å². The largest absolute Gasteiger partial charge is 0.459 e. The normalized spacial score (nSPS) is 28.9. The minimum atomic E-state index is -0.840. The van der Waals surface area contributed by atoms with Crippen LogP contribution in [0.15, 0.2) is 22.0 Å². The zero-order valence-corrected chi connectivity index (χ0v) is 25.6. The molecule has 7 atom stereocenters. The van der Waals surface area contributed by atoms with E-state index in [0.29, 0.717) is 29.3 Å². The van der Waals surface area contributed by atoms with Crippen molar-refractivity contribution in [2.24, 2.45) is 17.8 Å². The topological polar surface area (TPSA) is 187 Å². The van der Waals surface area contributed by atoms with Crippen molar-refractivity contribution in [2.75, 3.05) is 29.6 Å². The number of esters is 1. The van der Waals surface area contributed by atoms with Crippen molar-refractivity contribution in [1.29, 1.82) is 0 Å². The summed E-state index contributed by atoms with van der Waals surface area (Å²) in [5.41, 5.74) is 7.84. The van der Waals surface area contributed by atoms with Crippen LogP contribution in [-0.4, -0.2) is 65.3 Å². The van der Waals surface area contributed by atoms with Crippen molar-refractivity contribution in [3.63, 3.8) is 0 Å². The summed E-state index contributed by atoms with van der Waals surface area (Å²) in [6.07, 6.45) is 3.45. The third kappa shape index (κ3) is 8.06. The Kier molecular flexibility index (Phi) is 11.1. The van der Waals surface area contributed by atoms with Gasteiger partial charge in [0.15, 0.2) is 23.3 Å². The molecule has 0 amide bonds. The number of hydrogen-bond donors (Lipinski definition) is 3. The van der Waals surface area contributed by atoms with Gasteiger partial charge in [0, 0.05) is 11.5 Å². The smallest absolute Gasteiger partial charge is 0.351 e. The lowest BCUT2D eigenvalue weighted by atomic mass is 9.75. The number of halogens is 2. The molecule has 2 aromatic heterocycles. The van der Waals surface area contributed by atoms with Crippen LogP contribution in [0.5, 0.6) is 0 Å². The Hall–Kier alpha value is -2.73. The Morgan fingerprint density at radius 2 is 1.60 bits per heavy atom. The summed E-state index contributed by atoms with van der Waals surface area (Å²) in [6, 6.07) is 0. The second-order valence-corrected chi connectivity index (χ2v) is 13.2. The second-order valence-electron chi connectivity index (χ2n) is 10.9. The van der Waals surface area contributed by atoms with E-state index in [4.69, 9.17) is 30.8 Å². The molecule has 0 spiro atoms. The van der Waals surface area contributed by atoms with Crippen molar-refractivity contribution in [1.82, 2.24) is 19.1 Å². The number of aromatic nitrogens is 4. The van der Waals surface area contributed by atoms with Crippen LogP contribution in [0.4, 0.5) is 20.4 Å². The third-order valence-electron chi connectivity index (χ3n) is 7.46. The number of thioether (sulfide) groups is 2. The molecule has 1 aliphatic carbocycles. The highest BCUT2D eigenvalue weighted by Crippen LogP contribution is 2.38. The first-order chi connectivity index (χ1) is 20.4. The second kappa shape index (κ2) is 14.4. The molecule has 3 fully saturated rings. The maximum Gasteiger partial charge on any atom is 0.351 e. The Balaban J connectivity index is 0.000000225. The fourth-order valence-corrected chi connectivity index (χ4v) is 7.04. The SMILES string of the molecule is CC(C)[C@@H]1CC[C@@H](C)C[C@H]1OC(=O)[C@@H]1O[C@H](n2cc(F)c(N)nc2=O)CS1.Nc1nc(=O)n([C@@H]2CS[C@H](CO)O2)cc1F. The van der Waals surface area contributed by atoms with Crippen molar-refractivity contribution in [3.05, 3.63) is 45.0 Å². The molecule has 0 aromatic carbocycles. The van der Waals surface area contributed by atoms with Gasteiger partial charge in [-0.1, -0.05) is 27.2 Å². The van der Waals surface area contributed by atoms with Crippen LogP contribution in [0.3, 0.4) is 0 Å². The monoisotopic (exact) mass is 646 g/mol. The summed E-state index contributed by atoms with van der Waals surface area (Å²) in [4.78, 5) is 42.7. The van der Waals surface area contributed by atoms with Gasteiger partial charge in [-0.05, 0) is 30.6 Å². The van der Waals surface area contributed by atoms with E-state index in [0.717, 1.165) is 40.8 Å². The van der Waals surface area contributed by atoms with Crippen molar-refractivity contribution in [3.8, 4) is 0 Å². The van der Waals surface area contributed by atoms with Crippen molar-refractivity contribution < 1.29 is 32.9 Å². The minimum absolute atomic E-state index is 0.122. The lowest BCUT2D eigenvalue weighted by molar-refractivity contribution is -0.166. The first-order valence-corrected chi connectivity index (χ1v) is 15.9. The lowest BCUT2D eigenvalue weighted by Gasteiger charge is -2.37. The van der Waals surface area contributed by atoms with Crippen LogP contribution >= 0.6 is 23.5 Å². The molecule has 238 valence electrons. The van der Waals surface area contributed by atoms with Gasteiger partial charge in [0.1, 0.15) is 24.0 Å². The third-order valence-corrected chi connectivity index (χ3v) is 9.66. The summed E-state index contributed by atoms with van der Waals surface area (Å²) >= 11 is 2.58. The zero-order valence-electron chi connectivity index (χ0n) is 23.9. The number of rotatable bonds is 6. The molecule has 17 heteroatoms. The maximum atomic E-state index is 13.6. The van der Waals surface area contributed by atoms with Gasteiger partial charge in [-0.25, -0.2) is 23.2 Å². The highest BCUT2D eigenvalue weighted by Gasteiger charge is 2.39. The molecule has 2 aromatic rings.